The molecule has 0 fully saturated rings. The molecule has 0 saturated carbocycles. The molecule has 1 aromatic rings. The van der Waals surface area contributed by atoms with Crippen LogP contribution in [0.3, 0.4) is 0 Å². The van der Waals surface area contributed by atoms with Gasteiger partial charge in [-0.15, -0.1) is 0 Å². The van der Waals surface area contributed by atoms with Crippen LogP contribution in [0.4, 0.5) is 0 Å². The molecular weight excluding hydrogens is 256 g/mol. The largest absolute Gasteiger partial charge is 0.457 e. The van der Waals surface area contributed by atoms with Crippen molar-refractivity contribution in [2.24, 2.45) is 0 Å². The molecule has 0 aromatic heterocycles. The van der Waals surface area contributed by atoms with Gasteiger partial charge in [-0.2, -0.15) is 0 Å². The molecule has 4 nitrogen and oxygen atoms in total. The molecule has 0 spiro atoms. The lowest BCUT2D eigenvalue weighted by Gasteiger charge is -2.21. The Morgan fingerprint density at radius 3 is 2.60 bits per heavy atom. The van der Waals surface area contributed by atoms with Gasteiger partial charge in [0.25, 0.3) is 0 Å². The number of hydrogen-bond acceptors (Lipinski definition) is 4. The van der Waals surface area contributed by atoms with Crippen molar-refractivity contribution in [1.82, 2.24) is 0 Å². The zero-order chi connectivity index (χ0) is 14.5. The van der Waals surface area contributed by atoms with Crippen molar-refractivity contribution < 1.29 is 19.1 Å². The van der Waals surface area contributed by atoms with E-state index in [0.717, 1.165) is 48.4 Å². The molecular formula is C16H18O4. The third-order valence-corrected chi connectivity index (χ3v) is 3.45. The van der Waals surface area contributed by atoms with Crippen molar-refractivity contribution in [1.29, 1.82) is 0 Å². The lowest BCUT2D eigenvalue weighted by molar-refractivity contribution is -0.144. The molecule has 1 aromatic carbocycles. The summed E-state index contributed by atoms with van der Waals surface area (Å²) in [6, 6.07) is 3.57. The number of carbonyl (C=O) groups excluding carboxylic acids is 2. The van der Waals surface area contributed by atoms with Gasteiger partial charge in [0.2, 0.25) is 6.79 Å². The van der Waals surface area contributed by atoms with Crippen LogP contribution in [0.5, 0.6) is 5.75 Å². The zero-order valence-corrected chi connectivity index (χ0v) is 11.6. The van der Waals surface area contributed by atoms with E-state index in [1.165, 1.54) is 0 Å². The molecule has 20 heavy (non-hydrogen) atoms. The lowest BCUT2D eigenvalue weighted by Crippen LogP contribution is -2.13. The smallest absolute Gasteiger partial charge is 0.333 e. The quantitative estimate of drug-likeness (QED) is 0.358. The molecule has 0 radical (unpaired) electrons. The number of ether oxygens (including phenoxy) is 2. The van der Waals surface area contributed by atoms with Crippen molar-refractivity contribution in [2.45, 2.75) is 32.6 Å². The number of hydrogen-bond donors (Lipinski definition) is 0. The second-order valence-electron chi connectivity index (χ2n) is 4.76. The minimum Gasteiger partial charge on any atom is -0.457 e. The highest BCUT2D eigenvalue weighted by atomic mass is 16.7. The fourth-order valence-corrected chi connectivity index (χ4v) is 2.51. The minimum atomic E-state index is -0.515. The molecule has 0 unspecified atom stereocenters. The Hall–Kier alpha value is -2.10. The zero-order valence-electron chi connectivity index (χ0n) is 11.6. The van der Waals surface area contributed by atoms with Gasteiger partial charge in [0, 0.05) is 11.6 Å². The maximum atomic E-state index is 11.6. The second-order valence-corrected chi connectivity index (χ2v) is 4.76. The molecule has 0 atom stereocenters. The SMILES string of the molecule is C=CC(=O)OCOc1ccc(C(C)=O)c2c1CCCC2. The van der Waals surface area contributed by atoms with E-state index >= 15 is 0 Å². The third-order valence-electron chi connectivity index (χ3n) is 3.45. The normalized spacial score (nSPS) is 13.2. The van der Waals surface area contributed by atoms with Gasteiger partial charge >= 0.3 is 5.97 Å². The van der Waals surface area contributed by atoms with Crippen LogP contribution in [0.25, 0.3) is 0 Å². The van der Waals surface area contributed by atoms with Gasteiger partial charge in [0.05, 0.1) is 0 Å². The van der Waals surface area contributed by atoms with Gasteiger partial charge < -0.3 is 9.47 Å². The summed E-state index contributed by atoms with van der Waals surface area (Å²) in [5.74, 6) is 0.258. The Morgan fingerprint density at radius 2 is 1.95 bits per heavy atom. The predicted molar refractivity (Wildman–Crippen MR) is 74.9 cm³/mol. The van der Waals surface area contributed by atoms with E-state index in [0.29, 0.717) is 5.75 Å². The van der Waals surface area contributed by atoms with E-state index in [1.54, 1.807) is 19.1 Å². The number of rotatable bonds is 5. The van der Waals surface area contributed by atoms with Crippen molar-refractivity contribution >= 4 is 11.8 Å². The Labute approximate surface area is 118 Å². The van der Waals surface area contributed by atoms with Crippen molar-refractivity contribution in [2.75, 3.05) is 6.79 Å². The van der Waals surface area contributed by atoms with Crippen molar-refractivity contribution in [3.63, 3.8) is 0 Å². The van der Waals surface area contributed by atoms with Gasteiger partial charge in [-0.1, -0.05) is 6.58 Å². The monoisotopic (exact) mass is 274 g/mol. The highest BCUT2D eigenvalue weighted by molar-refractivity contribution is 5.96. The number of carbonyl (C=O) groups is 2. The summed E-state index contributed by atoms with van der Waals surface area (Å²) in [4.78, 5) is 22.6. The van der Waals surface area contributed by atoms with Crippen LogP contribution < -0.4 is 4.74 Å². The van der Waals surface area contributed by atoms with Gasteiger partial charge in [0.1, 0.15) is 5.75 Å². The van der Waals surface area contributed by atoms with Crippen molar-refractivity contribution in [3.8, 4) is 5.75 Å². The third kappa shape index (κ3) is 3.07. The number of ketones is 1. The summed E-state index contributed by atoms with van der Waals surface area (Å²) in [5.41, 5.74) is 2.92. The van der Waals surface area contributed by atoms with E-state index in [9.17, 15) is 9.59 Å². The van der Waals surface area contributed by atoms with Gasteiger partial charge in [-0.25, -0.2) is 4.79 Å². The number of Topliss-reactive ketones (excluding diaryl/α,β-unsaturated/α-hetero) is 1. The van der Waals surface area contributed by atoms with Crippen LogP contribution >= 0.6 is 0 Å². The number of benzene rings is 1. The highest BCUT2D eigenvalue weighted by Gasteiger charge is 2.19. The lowest BCUT2D eigenvalue weighted by atomic mass is 9.86. The molecule has 0 N–H and O–H groups in total. The fraction of sp³-hybridized carbons (Fsp3) is 0.375. The van der Waals surface area contributed by atoms with E-state index < -0.39 is 5.97 Å². The van der Waals surface area contributed by atoms with Crippen LogP contribution in [0.2, 0.25) is 0 Å². The Balaban J connectivity index is 2.19. The first-order chi connectivity index (χ1) is 9.63. The summed E-state index contributed by atoms with van der Waals surface area (Å²) < 4.78 is 10.3. The minimum absolute atomic E-state index is 0.0767. The van der Waals surface area contributed by atoms with E-state index in [2.05, 4.69) is 6.58 Å². The Bertz CT molecular complexity index is 546. The summed E-state index contributed by atoms with van der Waals surface area (Å²) in [6.07, 6.45) is 5.05. The first-order valence-electron chi connectivity index (χ1n) is 6.71. The second kappa shape index (κ2) is 6.37. The predicted octanol–water partition coefficient (Wildman–Crippen LogP) is 2.83. The van der Waals surface area contributed by atoms with E-state index in [-0.39, 0.29) is 12.6 Å². The molecule has 1 aliphatic carbocycles. The Kier molecular flexibility index (Phi) is 4.56. The van der Waals surface area contributed by atoms with E-state index in [1.807, 2.05) is 0 Å². The molecule has 0 heterocycles. The molecule has 0 saturated heterocycles. The standard InChI is InChI=1S/C16H18O4/c1-3-16(18)20-10-19-15-9-8-12(11(2)17)13-6-4-5-7-14(13)15/h3,8-9H,1,4-7,10H2,2H3. The van der Waals surface area contributed by atoms with Gasteiger partial charge in [0.15, 0.2) is 5.78 Å². The van der Waals surface area contributed by atoms with Crippen LogP contribution in [-0.4, -0.2) is 18.5 Å². The molecule has 4 heteroatoms. The molecule has 0 aliphatic heterocycles. The summed E-state index contributed by atoms with van der Waals surface area (Å²) >= 11 is 0. The topological polar surface area (TPSA) is 52.6 Å². The van der Waals surface area contributed by atoms with Crippen molar-refractivity contribution in [3.05, 3.63) is 41.5 Å². The molecule has 2 rings (SSSR count). The first-order valence-corrected chi connectivity index (χ1v) is 6.71. The Morgan fingerprint density at radius 1 is 1.25 bits per heavy atom. The molecule has 106 valence electrons. The van der Waals surface area contributed by atoms with Crippen LogP contribution in [0.1, 0.15) is 41.3 Å². The molecule has 0 bridgehead atoms. The van der Waals surface area contributed by atoms with Crippen LogP contribution in [0, 0.1) is 0 Å². The van der Waals surface area contributed by atoms with Crippen LogP contribution in [0.15, 0.2) is 24.8 Å². The van der Waals surface area contributed by atoms with Gasteiger partial charge in [-0.05, 0) is 55.9 Å². The van der Waals surface area contributed by atoms with Crippen LogP contribution in [-0.2, 0) is 22.4 Å². The van der Waals surface area contributed by atoms with Gasteiger partial charge in [-0.3, -0.25) is 4.79 Å². The number of esters is 1. The highest BCUT2D eigenvalue weighted by Crippen LogP contribution is 2.32. The summed E-state index contributed by atoms with van der Waals surface area (Å²) in [7, 11) is 0. The fourth-order valence-electron chi connectivity index (χ4n) is 2.51. The maximum Gasteiger partial charge on any atom is 0.333 e. The maximum absolute atomic E-state index is 11.6. The average molecular weight is 274 g/mol. The number of fused-ring (bicyclic) bond motifs is 1. The summed E-state index contributed by atoms with van der Waals surface area (Å²) in [5, 5.41) is 0. The average Bonchev–Trinajstić information content (AvgIpc) is 2.46. The first kappa shape index (κ1) is 14.3. The molecule has 0 amide bonds. The summed E-state index contributed by atoms with van der Waals surface area (Å²) in [6.45, 7) is 4.76. The van der Waals surface area contributed by atoms with E-state index in [4.69, 9.17) is 9.47 Å². The molecule has 1 aliphatic rings.